The minimum absolute atomic E-state index is 0.535. The van der Waals surface area contributed by atoms with Crippen molar-refractivity contribution < 1.29 is 0 Å². The van der Waals surface area contributed by atoms with Gasteiger partial charge in [-0.3, -0.25) is 0 Å². The first-order chi connectivity index (χ1) is 10.2. The van der Waals surface area contributed by atoms with E-state index in [-0.39, 0.29) is 0 Å². The van der Waals surface area contributed by atoms with Gasteiger partial charge in [-0.25, -0.2) is 4.98 Å². The van der Waals surface area contributed by atoms with Crippen molar-refractivity contribution in [3.8, 4) is 6.07 Å². The monoisotopic (exact) mass is 273 g/mol. The molecule has 21 heavy (non-hydrogen) atoms. The number of imidazole rings is 1. The van der Waals surface area contributed by atoms with Gasteiger partial charge in [0.2, 0.25) is 0 Å². The van der Waals surface area contributed by atoms with E-state index in [2.05, 4.69) is 16.0 Å². The molecule has 0 aliphatic rings. The molecular formula is C18H15N3. The molecular weight excluding hydrogens is 258 g/mol. The first-order valence-electron chi connectivity index (χ1n) is 6.81. The van der Waals surface area contributed by atoms with Crippen LogP contribution in [0.3, 0.4) is 0 Å². The maximum Gasteiger partial charge on any atom is 0.149 e. The van der Waals surface area contributed by atoms with E-state index in [0.717, 1.165) is 16.6 Å². The molecule has 1 N–H and O–H groups in total. The largest absolute Gasteiger partial charge is 0.337 e. The van der Waals surface area contributed by atoms with Gasteiger partial charge in [0, 0.05) is 0 Å². The average molecular weight is 273 g/mol. The normalized spacial score (nSPS) is 11.6. The maximum absolute atomic E-state index is 9.40. The summed E-state index contributed by atoms with van der Waals surface area (Å²) < 4.78 is 0. The summed E-state index contributed by atoms with van der Waals surface area (Å²) in [7, 11) is 0. The lowest BCUT2D eigenvalue weighted by Crippen LogP contribution is -1.85. The first-order valence-corrected chi connectivity index (χ1v) is 6.81. The zero-order valence-corrected chi connectivity index (χ0v) is 12.0. The van der Waals surface area contributed by atoms with Gasteiger partial charge >= 0.3 is 0 Å². The summed E-state index contributed by atoms with van der Waals surface area (Å²) in [5.74, 6) is 0.610. The molecule has 1 aromatic heterocycles. The minimum Gasteiger partial charge on any atom is -0.337 e. The van der Waals surface area contributed by atoms with Gasteiger partial charge in [0.05, 0.1) is 16.6 Å². The third-order valence-corrected chi connectivity index (χ3v) is 3.40. The van der Waals surface area contributed by atoms with Gasteiger partial charge in [0.25, 0.3) is 0 Å². The number of aryl methyl sites for hydroxylation is 2. The highest BCUT2D eigenvalue weighted by Crippen LogP contribution is 2.20. The molecule has 0 saturated carbocycles. The van der Waals surface area contributed by atoms with Crippen LogP contribution in [0.2, 0.25) is 0 Å². The molecule has 0 fully saturated rings. The Bertz CT molecular complexity index is 862. The summed E-state index contributed by atoms with van der Waals surface area (Å²) in [6.07, 6.45) is 1.85. The van der Waals surface area contributed by atoms with E-state index in [1.165, 1.54) is 11.1 Å². The number of rotatable bonds is 2. The lowest BCUT2D eigenvalue weighted by atomic mass is 10.1. The molecule has 1 heterocycles. The Morgan fingerprint density at radius 3 is 2.52 bits per heavy atom. The Morgan fingerprint density at radius 1 is 1.10 bits per heavy atom. The number of H-pyrrole nitrogens is 1. The Labute approximate surface area is 123 Å². The van der Waals surface area contributed by atoms with Crippen molar-refractivity contribution in [3.05, 3.63) is 65.0 Å². The van der Waals surface area contributed by atoms with Crippen LogP contribution in [0.5, 0.6) is 0 Å². The molecule has 0 atom stereocenters. The highest BCUT2D eigenvalue weighted by Gasteiger charge is 2.08. The van der Waals surface area contributed by atoms with Crippen LogP contribution in [0.15, 0.2) is 42.5 Å². The lowest BCUT2D eigenvalue weighted by Gasteiger charge is -1.96. The molecule has 0 bridgehead atoms. The van der Waals surface area contributed by atoms with Crippen LogP contribution >= 0.6 is 0 Å². The van der Waals surface area contributed by atoms with Crippen LogP contribution in [0.25, 0.3) is 22.7 Å². The molecule has 2 aromatic carbocycles. The van der Waals surface area contributed by atoms with Crippen LogP contribution in [0.4, 0.5) is 0 Å². The van der Waals surface area contributed by atoms with Crippen molar-refractivity contribution in [3.63, 3.8) is 0 Å². The molecule has 3 aromatic rings. The average Bonchev–Trinajstić information content (AvgIpc) is 2.89. The summed E-state index contributed by atoms with van der Waals surface area (Å²) in [4.78, 5) is 7.71. The van der Waals surface area contributed by atoms with E-state index < -0.39 is 0 Å². The van der Waals surface area contributed by atoms with Crippen molar-refractivity contribution >= 4 is 22.7 Å². The van der Waals surface area contributed by atoms with Gasteiger partial charge in [0.1, 0.15) is 11.9 Å². The van der Waals surface area contributed by atoms with Gasteiger partial charge in [-0.05, 0) is 43.2 Å². The second kappa shape index (κ2) is 5.26. The number of benzene rings is 2. The number of allylic oxidation sites excluding steroid dienone is 1. The zero-order valence-electron chi connectivity index (χ0n) is 12.0. The van der Waals surface area contributed by atoms with E-state index in [1.54, 1.807) is 0 Å². The smallest absolute Gasteiger partial charge is 0.149 e. The molecule has 3 heteroatoms. The summed E-state index contributed by atoms with van der Waals surface area (Å²) in [5, 5.41) is 9.40. The van der Waals surface area contributed by atoms with Crippen molar-refractivity contribution in [1.29, 1.82) is 5.26 Å². The second-order valence-electron chi connectivity index (χ2n) is 5.19. The highest BCUT2D eigenvalue weighted by molar-refractivity contribution is 5.90. The number of fused-ring (bicyclic) bond motifs is 1. The topological polar surface area (TPSA) is 52.5 Å². The number of hydrogen-bond acceptors (Lipinski definition) is 2. The molecule has 0 spiro atoms. The number of nitriles is 1. The maximum atomic E-state index is 9.40. The van der Waals surface area contributed by atoms with Crippen molar-refractivity contribution in [2.45, 2.75) is 13.8 Å². The van der Waals surface area contributed by atoms with E-state index in [0.29, 0.717) is 11.4 Å². The van der Waals surface area contributed by atoms with Crippen LogP contribution in [0.1, 0.15) is 22.5 Å². The van der Waals surface area contributed by atoms with Gasteiger partial charge in [-0.1, -0.05) is 35.9 Å². The molecule has 0 unspecified atom stereocenters. The molecule has 3 nitrogen and oxygen atoms in total. The number of aromatic amines is 1. The van der Waals surface area contributed by atoms with E-state index in [9.17, 15) is 5.26 Å². The van der Waals surface area contributed by atoms with Crippen molar-refractivity contribution in [1.82, 2.24) is 9.97 Å². The SMILES string of the molecule is Cc1ccc(C=C(C#N)c2nc3ccc(C)cc3[nH]2)cc1. The number of hydrogen-bond donors (Lipinski definition) is 1. The van der Waals surface area contributed by atoms with Gasteiger partial charge in [-0.15, -0.1) is 0 Å². The number of nitrogens with zero attached hydrogens (tertiary/aromatic N) is 2. The predicted octanol–water partition coefficient (Wildman–Crippen LogP) is 4.24. The van der Waals surface area contributed by atoms with Gasteiger partial charge in [0.15, 0.2) is 0 Å². The fraction of sp³-hybridized carbons (Fsp3) is 0.111. The Kier molecular flexibility index (Phi) is 3.29. The fourth-order valence-corrected chi connectivity index (χ4v) is 2.23. The van der Waals surface area contributed by atoms with Crippen LogP contribution in [-0.2, 0) is 0 Å². The molecule has 0 amide bonds. The number of nitrogens with one attached hydrogen (secondary N) is 1. The van der Waals surface area contributed by atoms with Crippen molar-refractivity contribution in [2.24, 2.45) is 0 Å². The zero-order chi connectivity index (χ0) is 14.8. The molecule has 0 aliphatic carbocycles. The van der Waals surface area contributed by atoms with Crippen LogP contribution < -0.4 is 0 Å². The summed E-state index contributed by atoms with van der Waals surface area (Å²) >= 11 is 0. The molecule has 0 radical (unpaired) electrons. The third-order valence-electron chi connectivity index (χ3n) is 3.40. The van der Waals surface area contributed by atoms with Crippen LogP contribution in [0, 0.1) is 25.2 Å². The van der Waals surface area contributed by atoms with Crippen LogP contribution in [-0.4, -0.2) is 9.97 Å². The third kappa shape index (κ3) is 2.70. The molecule has 102 valence electrons. The van der Waals surface area contributed by atoms with Crippen molar-refractivity contribution in [2.75, 3.05) is 0 Å². The molecule has 0 aliphatic heterocycles. The Balaban J connectivity index is 2.05. The van der Waals surface area contributed by atoms with Gasteiger partial charge < -0.3 is 4.98 Å². The molecule has 0 saturated heterocycles. The van der Waals surface area contributed by atoms with E-state index in [4.69, 9.17) is 0 Å². The Hall–Kier alpha value is -2.86. The summed E-state index contributed by atoms with van der Waals surface area (Å²) in [6, 6.07) is 16.3. The van der Waals surface area contributed by atoms with E-state index >= 15 is 0 Å². The summed E-state index contributed by atoms with van der Waals surface area (Å²) in [5.41, 5.74) is 5.72. The minimum atomic E-state index is 0.535. The lowest BCUT2D eigenvalue weighted by molar-refractivity contribution is 1.27. The predicted molar refractivity (Wildman–Crippen MR) is 85.5 cm³/mol. The Morgan fingerprint density at radius 2 is 1.81 bits per heavy atom. The quantitative estimate of drug-likeness (QED) is 0.710. The number of aromatic nitrogens is 2. The van der Waals surface area contributed by atoms with E-state index in [1.807, 2.05) is 62.4 Å². The summed E-state index contributed by atoms with van der Waals surface area (Å²) in [6.45, 7) is 4.08. The fourth-order valence-electron chi connectivity index (χ4n) is 2.23. The second-order valence-corrected chi connectivity index (χ2v) is 5.19. The standard InChI is InChI=1S/C18H15N3/c1-12-3-6-14(7-4-12)10-15(11-19)18-20-16-8-5-13(2)9-17(16)21-18/h3-10H,1-2H3,(H,20,21). The molecule has 3 rings (SSSR count). The highest BCUT2D eigenvalue weighted by atomic mass is 14.9. The van der Waals surface area contributed by atoms with Gasteiger partial charge in [-0.2, -0.15) is 5.26 Å². The first kappa shape index (κ1) is 13.1.